The smallest absolute Gasteiger partial charge is 0.408 e. The molecule has 2 N–H and O–H groups in total. The second-order valence-electron chi connectivity index (χ2n) is 10.4. The Morgan fingerprint density at radius 2 is 1.84 bits per heavy atom. The van der Waals surface area contributed by atoms with Crippen LogP contribution in [0.4, 0.5) is 4.79 Å². The number of carbonyl (C=O) groups is 2. The van der Waals surface area contributed by atoms with Gasteiger partial charge in [0.05, 0.1) is 0 Å². The number of alkyl carbamates (subject to hydrolysis) is 1. The summed E-state index contributed by atoms with van der Waals surface area (Å²) < 4.78 is 16.8. The molecule has 0 saturated carbocycles. The van der Waals surface area contributed by atoms with Crippen LogP contribution in [-0.2, 0) is 28.8 Å². The van der Waals surface area contributed by atoms with Crippen molar-refractivity contribution in [2.75, 3.05) is 0 Å². The molecule has 0 spiro atoms. The molecule has 192 valence electrons. The Morgan fingerprint density at radius 3 is 2.62 bits per heavy atom. The van der Waals surface area contributed by atoms with Crippen LogP contribution in [0.3, 0.4) is 0 Å². The normalized spacial score (nSPS) is 13.9. The molecule has 37 heavy (non-hydrogen) atoms. The fourth-order valence-electron chi connectivity index (χ4n) is 4.92. The van der Waals surface area contributed by atoms with Gasteiger partial charge in [0, 0.05) is 40.0 Å². The lowest BCUT2D eigenvalue weighted by atomic mass is 10.0. The van der Waals surface area contributed by atoms with Crippen LogP contribution in [0, 0.1) is 6.92 Å². The van der Waals surface area contributed by atoms with Gasteiger partial charge in [-0.15, -0.1) is 0 Å². The van der Waals surface area contributed by atoms with Gasteiger partial charge in [-0.1, -0.05) is 18.2 Å². The lowest BCUT2D eigenvalue weighted by molar-refractivity contribution is -0.136. The number of ether oxygens (including phenoxy) is 2. The summed E-state index contributed by atoms with van der Waals surface area (Å²) in [6, 6.07) is 10.2. The molecule has 1 aliphatic carbocycles. The van der Waals surface area contributed by atoms with Gasteiger partial charge in [0.1, 0.15) is 23.0 Å². The second-order valence-corrected chi connectivity index (χ2v) is 10.4. The van der Waals surface area contributed by atoms with Crippen molar-refractivity contribution in [3.63, 3.8) is 0 Å². The Bertz CT molecular complexity index is 1570. The molecule has 8 heteroatoms. The van der Waals surface area contributed by atoms with Gasteiger partial charge >= 0.3 is 17.7 Å². The Kier molecular flexibility index (Phi) is 6.27. The lowest BCUT2D eigenvalue weighted by Crippen LogP contribution is -2.46. The van der Waals surface area contributed by atoms with Crippen LogP contribution in [0.1, 0.15) is 49.4 Å². The van der Waals surface area contributed by atoms with Crippen molar-refractivity contribution in [2.45, 2.75) is 65.0 Å². The molecule has 8 nitrogen and oxygen atoms in total. The fraction of sp³-hybridized carbons (Fsp3) is 0.345. The molecule has 0 bridgehead atoms. The zero-order chi connectivity index (χ0) is 26.3. The minimum absolute atomic E-state index is 0.192. The largest absolute Gasteiger partial charge is 0.444 e. The van der Waals surface area contributed by atoms with Crippen LogP contribution < -0.4 is 15.7 Å². The van der Waals surface area contributed by atoms with Gasteiger partial charge in [0.2, 0.25) is 0 Å². The number of aryl methyl sites for hydroxylation is 2. The SMILES string of the molecule is Cc1c(OC(=O)[C@H](Cc2c[nH]c3ccccc23)NC(=O)OC(C)(C)C)ccc2c3c(c(=O)oc12)CCC3. The van der Waals surface area contributed by atoms with Gasteiger partial charge in [-0.25, -0.2) is 14.4 Å². The standard InChI is InChI=1S/C29H30N2O6/c1-16-24(13-12-20-19-9-7-10-21(19)26(32)36-25(16)20)35-27(33)23(31-28(34)37-29(2,3)4)14-17-15-30-22-11-6-5-8-18(17)22/h5-6,8,11-13,15,23,30H,7,9-10,14H2,1-4H3,(H,31,34)/t23-/m0/s1. The fourth-order valence-corrected chi connectivity index (χ4v) is 4.92. The van der Waals surface area contributed by atoms with E-state index in [2.05, 4.69) is 10.3 Å². The summed E-state index contributed by atoms with van der Waals surface area (Å²) in [5, 5.41) is 4.49. The molecular weight excluding hydrogens is 472 g/mol. The molecule has 0 fully saturated rings. The van der Waals surface area contributed by atoms with E-state index < -0.39 is 23.7 Å². The van der Waals surface area contributed by atoms with Crippen molar-refractivity contribution in [3.8, 4) is 5.75 Å². The average Bonchev–Trinajstić information content (AvgIpc) is 3.48. The van der Waals surface area contributed by atoms with Crippen molar-refractivity contribution in [1.82, 2.24) is 10.3 Å². The van der Waals surface area contributed by atoms with Gasteiger partial charge in [0.25, 0.3) is 0 Å². The molecule has 0 saturated heterocycles. The van der Waals surface area contributed by atoms with Gasteiger partial charge in [-0.3, -0.25) is 0 Å². The summed E-state index contributed by atoms with van der Waals surface area (Å²) in [7, 11) is 0. The number of H-pyrrole nitrogens is 1. The van der Waals surface area contributed by atoms with E-state index in [1.54, 1.807) is 33.8 Å². The Hall–Kier alpha value is -4.07. The lowest BCUT2D eigenvalue weighted by Gasteiger charge is -2.23. The van der Waals surface area contributed by atoms with E-state index in [1.165, 1.54) is 0 Å². The van der Waals surface area contributed by atoms with Crippen molar-refractivity contribution in [2.24, 2.45) is 0 Å². The zero-order valence-corrected chi connectivity index (χ0v) is 21.4. The predicted octanol–water partition coefficient (Wildman–Crippen LogP) is 5.11. The highest BCUT2D eigenvalue weighted by molar-refractivity contribution is 5.89. The topological polar surface area (TPSA) is 111 Å². The summed E-state index contributed by atoms with van der Waals surface area (Å²) in [6.07, 6.45) is 3.75. The third-order valence-electron chi connectivity index (χ3n) is 6.63. The van der Waals surface area contributed by atoms with Crippen LogP contribution in [-0.4, -0.2) is 28.7 Å². The summed E-state index contributed by atoms with van der Waals surface area (Å²) in [6.45, 7) is 7.01. The third-order valence-corrected chi connectivity index (χ3v) is 6.63. The monoisotopic (exact) mass is 502 g/mol. The van der Waals surface area contributed by atoms with E-state index in [-0.39, 0.29) is 17.8 Å². The highest BCUT2D eigenvalue weighted by Gasteiger charge is 2.28. The van der Waals surface area contributed by atoms with Crippen molar-refractivity contribution >= 4 is 33.9 Å². The van der Waals surface area contributed by atoms with E-state index in [0.717, 1.165) is 52.2 Å². The van der Waals surface area contributed by atoms with Gasteiger partial charge in [-0.2, -0.15) is 0 Å². The number of aromatic nitrogens is 1. The first kappa shape index (κ1) is 24.6. The Labute approximate surface area is 214 Å². The third kappa shape index (κ3) is 4.96. The molecule has 0 aliphatic heterocycles. The van der Waals surface area contributed by atoms with E-state index in [1.807, 2.05) is 36.5 Å². The van der Waals surface area contributed by atoms with E-state index in [9.17, 15) is 14.4 Å². The molecule has 5 rings (SSSR count). The number of hydrogen-bond donors (Lipinski definition) is 2. The molecule has 4 aromatic rings. The number of benzene rings is 2. The molecule has 2 aromatic heterocycles. The molecule has 0 radical (unpaired) electrons. The number of aromatic amines is 1. The van der Waals surface area contributed by atoms with Gasteiger partial charge in [-0.05, 0) is 76.3 Å². The summed E-state index contributed by atoms with van der Waals surface area (Å²) in [5.74, 6) is -0.379. The maximum atomic E-state index is 13.4. The Morgan fingerprint density at radius 1 is 1.08 bits per heavy atom. The summed E-state index contributed by atoms with van der Waals surface area (Å²) in [5.41, 5.74) is 3.43. The number of rotatable bonds is 5. The van der Waals surface area contributed by atoms with Crippen molar-refractivity contribution in [1.29, 1.82) is 0 Å². The van der Waals surface area contributed by atoms with Crippen LogP contribution in [0.15, 0.2) is 51.8 Å². The minimum Gasteiger partial charge on any atom is -0.444 e. The van der Waals surface area contributed by atoms with Crippen LogP contribution in [0.25, 0.3) is 21.9 Å². The Balaban J connectivity index is 1.45. The number of esters is 1. The highest BCUT2D eigenvalue weighted by atomic mass is 16.6. The van der Waals surface area contributed by atoms with Gasteiger partial charge < -0.3 is 24.2 Å². The highest BCUT2D eigenvalue weighted by Crippen LogP contribution is 2.33. The van der Waals surface area contributed by atoms with Crippen molar-refractivity contribution in [3.05, 3.63) is 75.3 Å². The number of amides is 1. The molecule has 1 aliphatic rings. The number of fused-ring (bicyclic) bond motifs is 4. The molecule has 1 atom stereocenters. The maximum Gasteiger partial charge on any atom is 0.408 e. The van der Waals surface area contributed by atoms with E-state index in [0.29, 0.717) is 11.1 Å². The molecule has 0 unspecified atom stereocenters. The molecular formula is C29H30N2O6. The quantitative estimate of drug-likeness (QED) is 0.223. The number of carbonyl (C=O) groups excluding carboxylic acids is 2. The molecule has 2 aromatic carbocycles. The summed E-state index contributed by atoms with van der Waals surface area (Å²) in [4.78, 5) is 41.7. The first-order chi connectivity index (χ1) is 17.6. The average molecular weight is 503 g/mol. The maximum absolute atomic E-state index is 13.4. The van der Waals surface area contributed by atoms with Gasteiger partial charge in [0.15, 0.2) is 0 Å². The first-order valence-electron chi connectivity index (χ1n) is 12.4. The predicted molar refractivity (Wildman–Crippen MR) is 140 cm³/mol. The van der Waals surface area contributed by atoms with Crippen LogP contribution in [0.2, 0.25) is 0 Å². The minimum atomic E-state index is -1.02. The number of para-hydroxylation sites is 1. The number of hydrogen-bond acceptors (Lipinski definition) is 6. The molecule has 1 amide bonds. The van der Waals surface area contributed by atoms with E-state index >= 15 is 0 Å². The number of nitrogens with one attached hydrogen (secondary N) is 2. The second kappa shape index (κ2) is 9.42. The zero-order valence-electron chi connectivity index (χ0n) is 21.4. The molecule has 2 heterocycles. The van der Waals surface area contributed by atoms with Crippen LogP contribution in [0.5, 0.6) is 5.75 Å². The van der Waals surface area contributed by atoms with Crippen LogP contribution >= 0.6 is 0 Å². The first-order valence-corrected chi connectivity index (χ1v) is 12.4. The van der Waals surface area contributed by atoms with Crippen molar-refractivity contribution < 1.29 is 23.5 Å². The summed E-state index contributed by atoms with van der Waals surface area (Å²) >= 11 is 0. The van der Waals surface area contributed by atoms with E-state index in [4.69, 9.17) is 13.9 Å².